The molecule has 1 N–H and O–H groups in total. The number of rotatable bonds is 9. The maximum atomic E-state index is 13.1. The van der Waals surface area contributed by atoms with Crippen LogP contribution in [0.2, 0.25) is 0 Å². The van der Waals surface area contributed by atoms with Gasteiger partial charge in [0.05, 0.1) is 19.3 Å². The molecule has 1 heterocycles. The number of piperazine rings is 1. The average Bonchev–Trinajstić information content (AvgIpc) is 3.40. The van der Waals surface area contributed by atoms with Crippen LogP contribution in [0.3, 0.4) is 0 Å². The van der Waals surface area contributed by atoms with Crippen molar-refractivity contribution in [2.75, 3.05) is 38.7 Å². The Kier molecular flexibility index (Phi) is 8.50. The molecule has 1 aliphatic carbocycles. The Morgan fingerprint density at radius 2 is 1.77 bits per heavy atom. The molecular formula is C28H37N3O4. The van der Waals surface area contributed by atoms with E-state index in [9.17, 15) is 9.59 Å². The number of nitrogens with zero attached hydrogens (tertiary/aromatic N) is 2. The lowest BCUT2D eigenvalue weighted by Crippen LogP contribution is -2.56. The van der Waals surface area contributed by atoms with Crippen LogP contribution in [0.5, 0.6) is 11.5 Å². The molecule has 1 atom stereocenters. The third-order valence-electron chi connectivity index (χ3n) is 7.07. The van der Waals surface area contributed by atoms with Crippen molar-refractivity contribution >= 4 is 17.5 Å². The highest BCUT2D eigenvalue weighted by molar-refractivity contribution is 5.84. The van der Waals surface area contributed by atoms with E-state index in [0.29, 0.717) is 6.54 Å². The lowest BCUT2D eigenvalue weighted by Gasteiger charge is -2.43. The summed E-state index contributed by atoms with van der Waals surface area (Å²) in [4.78, 5) is 29.1. The van der Waals surface area contributed by atoms with Crippen molar-refractivity contribution in [2.24, 2.45) is 0 Å². The number of carbonyl (C=O) groups excluding carboxylic acids is 2. The smallest absolute Gasteiger partial charge is 0.223 e. The van der Waals surface area contributed by atoms with Gasteiger partial charge in [0, 0.05) is 51.3 Å². The zero-order chi connectivity index (χ0) is 24.6. The zero-order valence-corrected chi connectivity index (χ0v) is 20.9. The lowest BCUT2D eigenvalue weighted by molar-refractivity contribution is -0.136. The van der Waals surface area contributed by atoms with Gasteiger partial charge in [0.1, 0.15) is 0 Å². The van der Waals surface area contributed by atoms with Gasteiger partial charge in [-0.1, -0.05) is 30.3 Å². The van der Waals surface area contributed by atoms with E-state index >= 15 is 0 Å². The molecule has 0 radical (unpaired) electrons. The van der Waals surface area contributed by atoms with Crippen LogP contribution >= 0.6 is 0 Å². The average molecular weight is 480 g/mol. The van der Waals surface area contributed by atoms with Crippen LogP contribution in [0.15, 0.2) is 48.5 Å². The summed E-state index contributed by atoms with van der Waals surface area (Å²) in [6.45, 7) is 2.07. The quantitative estimate of drug-likeness (QED) is 0.592. The highest BCUT2D eigenvalue weighted by atomic mass is 16.5. The second-order valence-corrected chi connectivity index (χ2v) is 9.41. The van der Waals surface area contributed by atoms with Crippen LogP contribution in [-0.2, 0) is 16.0 Å². The number of anilines is 1. The summed E-state index contributed by atoms with van der Waals surface area (Å²) in [6.07, 6.45) is 6.06. The number of amides is 2. The van der Waals surface area contributed by atoms with Crippen molar-refractivity contribution in [3.63, 3.8) is 0 Å². The van der Waals surface area contributed by atoms with Gasteiger partial charge in [-0.15, -0.1) is 0 Å². The van der Waals surface area contributed by atoms with Gasteiger partial charge in [-0.3, -0.25) is 9.59 Å². The molecule has 0 bridgehead atoms. The summed E-state index contributed by atoms with van der Waals surface area (Å²) in [5.41, 5.74) is 2.28. The summed E-state index contributed by atoms with van der Waals surface area (Å²) in [5.74, 6) is 1.48. The number of carbonyl (C=O) groups is 2. The van der Waals surface area contributed by atoms with E-state index in [1.807, 2.05) is 29.2 Å². The minimum Gasteiger partial charge on any atom is -0.493 e. The summed E-state index contributed by atoms with van der Waals surface area (Å²) in [6, 6.07) is 16.4. The van der Waals surface area contributed by atoms with Crippen LogP contribution in [0, 0.1) is 0 Å². The van der Waals surface area contributed by atoms with Crippen molar-refractivity contribution in [2.45, 2.75) is 57.1 Å². The first-order valence-electron chi connectivity index (χ1n) is 12.7. The van der Waals surface area contributed by atoms with Crippen molar-refractivity contribution < 1.29 is 19.1 Å². The van der Waals surface area contributed by atoms with Gasteiger partial charge in [0.15, 0.2) is 11.5 Å². The predicted octanol–water partition coefficient (Wildman–Crippen LogP) is 3.80. The topological polar surface area (TPSA) is 71.1 Å². The Balaban J connectivity index is 1.51. The Bertz CT molecular complexity index is 991. The lowest BCUT2D eigenvalue weighted by atomic mass is 10.0. The molecule has 1 aliphatic heterocycles. The first-order valence-corrected chi connectivity index (χ1v) is 12.7. The van der Waals surface area contributed by atoms with Gasteiger partial charge in [-0.2, -0.15) is 0 Å². The van der Waals surface area contributed by atoms with E-state index in [2.05, 4.69) is 34.5 Å². The Morgan fingerprint density at radius 1 is 1.00 bits per heavy atom. The molecule has 1 saturated carbocycles. The molecule has 188 valence electrons. The summed E-state index contributed by atoms with van der Waals surface area (Å²) < 4.78 is 11.9. The van der Waals surface area contributed by atoms with Gasteiger partial charge in [0.25, 0.3) is 0 Å². The summed E-state index contributed by atoms with van der Waals surface area (Å²) in [7, 11) is 3.28. The van der Waals surface area contributed by atoms with E-state index in [-0.39, 0.29) is 36.8 Å². The Hall–Kier alpha value is -3.22. The van der Waals surface area contributed by atoms with E-state index in [0.717, 1.165) is 49.5 Å². The minimum absolute atomic E-state index is 0.0182. The SMILES string of the molecule is CNC(=O)CCC(=O)N1CCN(c2ccc(OC)c(OC3CCCC3)c2)CC1Cc1ccccc1. The van der Waals surface area contributed by atoms with E-state index in [1.165, 1.54) is 18.4 Å². The molecule has 0 spiro atoms. The fourth-order valence-electron chi connectivity index (χ4n) is 5.11. The zero-order valence-electron chi connectivity index (χ0n) is 20.9. The molecule has 2 aliphatic rings. The first-order chi connectivity index (χ1) is 17.1. The second kappa shape index (κ2) is 12.0. The molecule has 35 heavy (non-hydrogen) atoms. The highest BCUT2D eigenvalue weighted by Crippen LogP contribution is 2.36. The predicted molar refractivity (Wildman–Crippen MR) is 137 cm³/mol. The molecule has 4 rings (SSSR count). The number of benzene rings is 2. The van der Waals surface area contributed by atoms with Crippen LogP contribution in [0.25, 0.3) is 0 Å². The summed E-state index contributed by atoms with van der Waals surface area (Å²) in [5, 5.41) is 2.60. The Labute approximate surface area is 208 Å². The molecule has 7 heteroatoms. The van der Waals surface area contributed by atoms with Crippen molar-refractivity contribution in [1.29, 1.82) is 0 Å². The highest BCUT2D eigenvalue weighted by Gasteiger charge is 2.31. The maximum absolute atomic E-state index is 13.1. The van der Waals surface area contributed by atoms with E-state index in [1.54, 1.807) is 14.2 Å². The van der Waals surface area contributed by atoms with Gasteiger partial charge < -0.3 is 24.6 Å². The van der Waals surface area contributed by atoms with Crippen LogP contribution in [0.1, 0.15) is 44.1 Å². The molecule has 2 fully saturated rings. The van der Waals surface area contributed by atoms with Crippen LogP contribution in [-0.4, -0.2) is 62.7 Å². The monoisotopic (exact) mass is 479 g/mol. The maximum Gasteiger partial charge on any atom is 0.223 e. The molecule has 0 aromatic heterocycles. The van der Waals surface area contributed by atoms with Gasteiger partial charge in [-0.25, -0.2) is 0 Å². The number of ether oxygens (including phenoxy) is 2. The van der Waals surface area contributed by atoms with Gasteiger partial charge in [-0.05, 0) is 49.8 Å². The first kappa shape index (κ1) is 24.9. The van der Waals surface area contributed by atoms with Crippen LogP contribution in [0.4, 0.5) is 5.69 Å². The van der Waals surface area contributed by atoms with E-state index < -0.39 is 0 Å². The normalized spacial score (nSPS) is 18.4. The second-order valence-electron chi connectivity index (χ2n) is 9.41. The third kappa shape index (κ3) is 6.47. The minimum atomic E-state index is -0.107. The Morgan fingerprint density at radius 3 is 2.49 bits per heavy atom. The molecule has 2 aromatic carbocycles. The van der Waals surface area contributed by atoms with Crippen molar-refractivity contribution in [3.05, 3.63) is 54.1 Å². The molecule has 1 saturated heterocycles. The standard InChI is InChI=1S/C28H37N3O4/c1-29-27(32)14-15-28(33)31-17-16-30(20-23(31)18-21-8-4-3-5-9-21)22-12-13-25(34-2)26(19-22)35-24-10-6-7-11-24/h3-5,8-9,12-13,19,23-24H,6-7,10-11,14-18,20H2,1-2H3,(H,29,32). The fraction of sp³-hybridized carbons (Fsp3) is 0.500. The molecule has 2 aromatic rings. The summed E-state index contributed by atoms with van der Waals surface area (Å²) >= 11 is 0. The van der Waals surface area contributed by atoms with Crippen molar-refractivity contribution in [3.8, 4) is 11.5 Å². The number of methoxy groups -OCH3 is 1. The van der Waals surface area contributed by atoms with Gasteiger partial charge in [0.2, 0.25) is 11.8 Å². The molecule has 7 nitrogen and oxygen atoms in total. The number of hydrogen-bond donors (Lipinski definition) is 1. The van der Waals surface area contributed by atoms with Crippen LogP contribution < -0.4 is 19.7 Å². The fourth-order valence-corrected chi connectivity index (χ4v) is 5.11. The largest absolute Gasteiger partial charge is 0.493 e. The number of nitrogens with one attached hydrogen (secondary N) is 1. The number of hydrogen-bond acceptors (Lipinski definition) is 5. The van der Waals surface area contributed by atoms with Gasteiger partial charge >= 0.3 is 0 Å². The third-order valence-corrected chi connectivity index (χ3v) is 7.07. The molecular weight excluding hydrogens is 442 g/mol. The van der Waals surface area contributed by atoms with Crippen molar-refractivity contribution in [1.82, 2.24) is 10.2 Å². The molecule has 1 unspecified atom stereocenters. The molecule has 2 amide bonds. The van der Waals surface area contributed by atoms with E-state index in [4.69, 9.17) is 9.47 Å².